The summed E-state index contributed by atoms with van der Waals surface area (Å²) in [6.45, 7) is 4.05. The van der Waals surface area contributed by atoms with Crippen molar-refractivity contribution in [3.8, 4) is 0 Å². The molecule has 0 spiro atoms. The fourth-order valence-corrected chi connectivity index (χ4v) is 3.71. The fraction of sp³-hybridized carbons (Fsp3) is 0.211. The minimum Gasteiger partial charge on any atom is -0.322 e. The van der Waals surface area contributed by atoms with Crippen molar-refractivity contribution < 1.29 is 8.42 Å². The Labute approximate surface area is 146 Å². The molecule has 0 aliphatic rings. The summed E-state index contributed by atoms with van der Waals surface area (Å²) in [4.78, 5) is 15.2. The maximum Gasteiger partial charge on any atom is 0.251 e. The largest absolute Gasteiger partial charge is 0.322 e. The number of pyridine rings is 1. The normalized spacial score (nSPS) is 11.8. The molecule has 0 unspecified atom stereocenters. The van der Waals surface area contributed by atoms with Gasteiger partial charge in [-0.1, -0.05) is 29.3 Å². The van der Waals surface area contributed by atoms with Crippen molar-refractivity contribution in [2.24, 2.45) is 0 Å². The zero-order valence-corrected chi connectivity index (χ0v) is 15.0. The quantitative estimate of drug-likeness (QED) is 0.738. The summed E-state index contributed by atoms with van der Waals surface area (Å²) in [5, 5.41) is 0.941. The Bertz CT molecular complexity index is 1070. The summed E-state index contributed by atoms with van der Waals surface area (Å²) < 4.78 is 27.1. The Morgan fingerprint density at radius 1 is 0.960 bits per heavy atom. The van der Waals surface area contributed by atoms with E-state index in [1.165, 1.54) is 0 Å². The second kappa shape index (κ2) is 6.82. The molecule has 2 N–H and O–H groups in total. The maximum absolute atomic E-state index is 12.3. The molecule has 0 amide bonds. The maximum atomic E-state index is 12.3. The van der Waals surface area contributed by atoms with Crippen molar-refractivity contribution in [1.29, 1.82) is 0 Å². The SMILES string of the molecule is Cc1ccc(S(=O)(=O)NCCc2cc3cc(C)ccc3[nH]c2=O)cc1. The number of sulfonamides is 1. The number of H-pyrrole nitrogens is 1. The van der Waals surface area contributed by atoms with Gasteiger partial charge < -0.3 is 4.98 Å². The fourth-order valence-electron chi connectivity index (χ4n) is 2.68. The molecule has 0 bridgehead atoms. The van der Waals surface area contributed by atoms with Crippen molar-refractivity contribution in [3.63, 3.8) is 0 Å². The summed E-state index contributed by atoms with van der Waals surface area (Å²) in [5.41, 5.74) is 3.25. The van der Waals surface area contributed by atoms with Gasteiger partial charge in [0.15, 0.2) is 0 Å². The average Bonchev–Trinajstić information content (AvgIpc) is 2.56. The molecule has 3 rings (SSSR count). The number of aromatic nitrogens is 1. The third kappa shape index (κ3) is 3.97. The van der Waals surface area contributed by atoms with E-state index in [4.69, 9.17) is 0 Å². The van der Waals surface area contributed by atoms with Crippen LogP contribution in [-0.4, -0.2) is 19.9 Å². The molecule has 1 heterocycles. The lowest BCUT2D eigenvalue weighted by molar-refractivity contribution is 0.581. The van der Waals surface area contributed by atoms with Gasteiger partial charge in [-0.15, -0.1) is 0 Å². The van der Waals surface area contributed by atoms with Gasteiger partial charge in [-0.3, -0.25) is 4.79 Å². The summed E-state index contributed by atoms with van der Waals surface area (Å²) in [5.74, 6) is 0. The van der Waals surface area contributed by atoms with Crippen molar-refractivity contribution in [3.05, 3.63) is 75.6 Å². The van der Waals surface area contributed by atoms with E-state index in [9.17, 15) is 13.2 Å². The van der Waals surface area contributed by atoms with E-state index in [2.05, 4.69) is 9.71 Å². The molecule has 0 radical (unpaired) electrons. The van der Waals surface area contributed by atoms with Gasteiger partial charge in [-0.05, 0) is 56.0 Å². The van der Waals surface area contributed by atoms with Gasteiger partial charge in [-0.2, -0.15) is 0 Å². The minimum absolute atomic E-state index is 0.163. The number of hydrogen-bond donors (Lipinski definition) is 2. The number of nitrogens with one attached hydrogen (secondary N) is 2. The summed E-state index contributed by atoms with van der Waals surface area (Å²) in [6, 6.07) is 14.3. The highest BCUT2D eigenvalue weighted by Gasteiger charge is 2.13. The van der Waals surface area contributed by atoms with E-state index in [1.54, 1.807) is 24.3 Å². The first-order valence-corrected chi connectivity index (χ1v) is 9.52. The number of rotatable bonds is 5. The van der Waals surface area contributed by atoms with Crippen molar-refractivity contribution in [2.45, 2.75) is 25.2 Å². The number of hydrogen-bond acceptors (Lipinski definition) is 3. The van der Waals surface area contributed by atoms with Gasteiger partial charge in [0.1, 0.15) is 0 Å². The molecule has 1 aromatic heterocycles. The average molecular weight is 356 g/mol. The van der Waals surface area contributed by atoms with Crippen LogP contribution >= 0.6 is 0 Å². The second-order valence-electron chi connectivity index (χ2n) is 6.18. The van der Waals surface area contributed by atoms with Gasteiger partial charge >= 0.3 is 0 Å². The van der Waals surface area contributed by atoms with Gasteiger partial charge in [0.2, 0.25) is 10.0 Å². The van der Waals surface area contributed by atoms with Crippen molar-refractivity contribution in [1.82, 2.24) is 9.71 Å². The second-order valence-corrected chi connectivity index (χ2v) is 7.94. The van der Waals surface area contributed by atoms with Crippen LogP contribution in [0.15, 0.2) is 58.2 Å². The van der Waals surface area contributed by atoms with Crippen molar-refractivity contribution >= 4 is 20.9 Å². The number of aromatic amines is 1. The summed E-state index contributed by atoms with van der Waals surface area (Å²) >= 11 is 0. The lowest BCUT2D eigenvalue weighted by Gasteiger charge is -2.08. The highest BCUT2D eigenvalue weighted by Crippen LogP contribution is 2.14. The van der Waals surface area contributed by atoms with Crippen LogP contribution in [0, 0.1) is 13.8 Å². The summed E-state index contributed by atoms with van der Waals surface area (Å²) in [6.07, 6.45) is 0.324. The van der Waals surface area contributed by atoms with Crippen LogP contribution in [0.4, 0.5) is 0 Å². The zero-order chi connectivity index (χ0) is 18.0. The molecule has 0 saturated heterocycles. The van der Waals surface area contributed by atoms with Crippen LogP contribution in [-0.2, 0) is 16.4 Å². The first-order chi connectivity index (χ1) is 11.8. The topological polar surface area (TPSA) is 79.0 Å². The molecule has 130 valence electrons. The lowest BCUT2D eigenvalue weighted by atomic mass is 10.1. The first kappa shape index (κ1) is 17.4. The minimum atomic E-state index is -3.57. The van der Waals surface area contributed by atoms with E-state index in [1.807, 2.05) is 38.1 Å². The summed E-state index contributed by atoms with van der Waals surface area (Å²) in [7, 11) is -3.57. The van der Waals surface area contributed by atoms with Crippen LogP contribution < -0.4 is 10.3 Å². The van der Waals surface area contributed by atoms with E-state index in [-0.39, 0.29) is 17.0 Å². The number of aryl methyl sites for hydroxylation is 2. The smallest absolute Gasteiger partial charge is 0.251 e. The lowest BCUT2D eigenvalue weighted by Crippen LogP contribution is -2.27. The number of benzene rings is 2. The Morgan fingerprint density at radius 2 is 1.64 bits per heavy atom. The van der Waals surface area contributed by atoms with Crippen LogP contribution in [0.2, 0.25) is 0 Å². The van der Waals surface area contributed by atoms with E-state index in [0.717, 1.165) is 22.0 Å². The van der Waals surface area contributed by atoms with Crippen LogP contribution in [0.3, 0.4) is 0 Å². The van der Waals surface area contributed by atoms with Gasteiger partial charge in [0.25, 0.3) is 5.56 Å². The predicted molar refractivity (Wildman–Crippen MR) is 99.4 cm³/mol. The monoisotopic (exact) mass is 356 g/mol. The molecular weight excluding hydrogens is 336 g/mol. The third-order valence-corrected chi connectivity index (χ3v) is 5.57. The molecule has 2 aromatic carbocycles. The van der Waals surface area contributed by atoms with Crippen LogP contribution in [0.5, 0.6) is 0 Å². The molecule has 3 aromatic rings. The molecule has 6 heteroatoms. The Balaban J connectivity index is 1.75. The highest BCUT2D eigenvalue weighted by atomic mass is 32.2. The van der Waals surface area contributed by atoms with Gasteiger partial charge in [0, 0.05) is 17.6 Å². The molecule has 5 nitrogen and oxygen atoms in total. The third-order valence-electron chi connectivity index (χ3n) is 4.09. The van der Waals surface area contributed by atoms with E-state index in [0.29, 0.717) is 12.0 Å². The van der Waals surface area contributed by atoms with Crippen molar-refractivity contribution in [2.75, 3.05) is 6.54 Å². The molecule has 25 heavy (non-hydrogen) atoms. The van der Waals surface area contributed by atoms with Gasteiger partial charge in [-0.25, -0.2) is 13.1 Å². The molecular formula is C19H20N2O3S. The Kier molecular flexibility index (Phi) is 4.74. The van der Waals surface area contributed by atoms with Gasteiger partial charge in [0.05, 0.1) is 4.90 Å². The molecule has 0 saturated carbocycles. The van der Waals surface area contributed by atoms with Crippen LogP contribution in [0.25, 0.3) is 10.9 Å². The van der Waals surface area contributed by atoms with E-state index < -0.39 is 10.0 Å². The molecule has 0 aliphatic carbocycles. The van der Waals surface area contributed by atoms with E-state index >= 15 is 0 Å². The zero-order valence-electron chi connectivity index (χ0n) is 14.2. The standard InChI is InChI=1S/C19H20N2O3S/c1-13-3-6-17(7-4-13)25(23,24)20-10-9-15-12-16-11-14(2)5-8-18(16)21-19(15)22/h3-8,11-12,20H,9-10H2,1-2H3,(H,21,22). The predicted octanol–water partition coefficient (Wildman–Crippen LogP) is 2.67. The molecule has 0 aliphatic heterocycles. The van der Waals surface area contributed by atoms with Crippen LogP contribution in [0.1, 0.15) is 16.7 Å². The Hall–Kier alpha value is -2.44. The Morgan fingerprint density at radius 3 is 2.36 bits per heavy atom. The molecule has 0 fully saturated rings. The highest BCUT2D eigenvalue weighted by molar-refractivity contribution is 7.89. The first-order valence-electron chi connectivity index (χ1n) is 8.04. The number of fused-ring (bicyclic) bond motifs is 1. The molecule has 0 atom stereocenters.